The van der Waals surface area contributed by atoms with E-state index in [0.717, 1.165) is 23.6 Å². The van der Waals surface area contributed by atoms with Gasteiger partial charge in [0.2, 0.25) is 0 Å². The van der Waals surface area contributed by atoms with Crippen LogP contribution in [0.2, 0.25) is 4.47 Å². The first-order valence-corrected chi connectivity index (χ1v) is 11.4. The van der Waals surface area contributed by atoms with Crippen LogP contribution in [0.1, 0.15) is 25.3 Å². The van der Waals surface area contributed by atoms with Crippen molar-refractivity contribution >= 4 is 24.7 Å². The molecule has 0 aliphatic heterocycles. The summed E-state index contributed by atoms with van der Waals surface area (Å²) in [5, 5.41) is 9.00. The van der Waals surface area contributed by atoms with Crippen molar-refractivity contribution in [3.8, 4) is 17.0 Å². The summed E-state index contributed by atoms with van der Waals surface area (Å²) in [5.41, 5.74) is 3.42. The first-order chi connectivity index (χ1) is 12.3. The number of aromatic nitrogens is 3. The molecule has 0 radical (unpaired) electrons. The van der Waals surface area contributed by atoms with Crippen LogP contribution in [0.3, 0.4) is 0 Å². The number of unbranched alkanes of at least 4 members (excludes halogenated alkanes) is 1. The molecule has 5 heteroatoms. The molecule has 0 aliphatic carbocycles. The van der Waals surface area contributed by atoms with Crippen LogP contribution in [-0.4, -0.2) is 43.0 Å². The molecule has 1 aromatic heterocycles. The molecule has 3 rings (SSSR count). The SMILES string of the molecule is CCCC[Te]c1c(-c2ccc(OC)cc2)nnn1Cc1ccccc1. The van der Waals surface area contributed by atoms with Gasteiger partial charge in [-0.3, -0.25) is 0 Å². The minimum atomic E-state index is -0.316. The van der Waals surface area contributed by atoms with Crippen LogP contribution in [0.25, 0.3) is 11.3 Å². The number of methoxy groups -OCH3 is 1. The van der Waals surface area contributed by atoms with Crippen LogP contribution < -0.4 is 8.48 Å². The number of hydrogen-bond acceptors (Lipinski definition) is 3. The predicted molar refractivity (Wildman–Crippen MR) is 103 cm³/mol. The molecule has 0 fully saturated rings. The van der Waals surface area contributed by atoms with Gasteiger partial charge in [0, 0.05) is 0 Å². The van der Waals surface area contributed by atoms with Crippen molar-refractivity contribution in [3.05, 3.63) is 60.2 Å². The summed E-state index contributed by atoms with van der Waals surface area (Å²) in [7, 11) is 1.69. The summed E-state index contributed by atoms with van der Waals surface area (Å²) in [5.74, 6) is 0.865. The van der Waals surface area contributed by atoms with Gasteiger partial charge in [0.15, 0.2) is 0 Å². The molecule has 0 saturated heterocycles. The van der Waals surface area contributed by atoms with E-state index in [1.807, 2.05) is 18.2 Å². The van der Waals surface area contributed by atoms with Crippen LogP contribution in [0.4, 0.5) is 0 Å². The number of ether oxygens (including phenoxy) is 1. The van der Waals surface area contributed by atoms with Crippen molar-refractivity contribution in [2.75, 3.05) is 7.11 Å². The fourth-order valence-corrected chi connectivity index (χ4v) is 5.89. The van der Waals surface area contributed by atoms with Crippen LogP contribution in [0, 0.1) is 0 Å². The van der Waals surface area contributed by atoms with Crippen molar-refractivity contribution in [3.63, 3.8) is 0 Å². The number of rotatable bonds is 8. The van der Waals surface area contributed by atoms with Crippen LogP contribution >= 0.6 is 0 Å². The average Bonchev–Trinajstić information content (AvgIpc) is 3.05. The third-order valence-electron chi connectivity index (χ3n) is 3.96. The Kier molecular flexibility index (Phi) is 6.49. The summed E-state index contributed by atoms with van der Waals surface area (Å²) in [6, 6.07) is 18.6. The molecule has 0 amide bonds. The molecule has 2 aromatic carbocycles. The zero-order valence-corrected chi connectivity index (χ0v) is 17.0. The Morgan fingerprint density at radius 3 is 2.48 bits per heavy atom. The Bertz CT molecular complexity index is 784. The molecule has 4 nitrogen and oxygen atoms in total. The van der Waals surface area contributed by atoms with Gasteiger partial charge in [0.05, 0.1) is 0 Å². The molecular weight excluding hydrogens is 426 g/mol. The van der Waals surface area contributed by atoms with E-state index >= 15 is 0 Å². The fraction of sp³-hybridized carbons (Fsp3) is 0.300. The van der Waals surface area contributed by atoms with Crippen molar-refractivity contribution in [1.82, 2.24) is 15.0 Å². The minimum absolute atomic E-state index is 0.316. The van der Waals surface area contributed by atoms with Crippen LogP contribution in [0.15, 0.2) is 54.6 Å². The second-order valence-electron chi connectivity index (χ2n) is 5.82. The van der Waals surface area contributed by atoms with E-state index in [-0.39, 0.29) is 20.9 Å². The van der Waals surface area contributed by atoms with E-state index in [1.165, 1.54) is 26.6 Å². The van der Waals surface area contributed by atoms with E-state index in [1.54, 1.807) is 7.11 Å². The van der Waals surface area contributed by atoms with Gasteiger partial charge in [-0.05, 0) is 0 Å². The molecule has 0 saturated carbocycles. The van der Waals surface area contributed by atoms with Crippen molar-refractivity contribution in [1.29, 1.82) is 0 Å². The molecule has 130 valence electrons. The molecule has 0 atom stereocenters. The molecular formula is C20H23N3OTe. The Balaban J connectivity index is 1.90. The molecule has 0 bridgehead atoms. The van der Waals surface area contributed by atoms with E-state index in [4.69, 9.17) is 4.74 Å². The second-order valence-corrected chi connectivity index (χ2v) is 8.91. The number of benzene rings is 2. The van der Waals surface area contributed by atoms with Crippen molar-refractivity contribution in [2.45, 2.75) is 30.8 Å². The van der Waals surface area contributed by atoms with E-state index in [9.17, 15) is 0 Å². The van der Waals surface area contributed by atoms with E-state index in [0.29, 0.717) is 0 Å². The normalized spacial score (nSPS) is 10.8. The quantitative estimate of drug-likeness (QED) is 0.391. The van der Waals surface area contributed by atoms with Gasteiger partial charge >= 0.3 is 159 Å². The number of nitrogens with zero attached hydrogens (tertiary/aromatic N) is 3. The van der Waals surface area contributed by atoms with Crippen LogP contribution in [-0.2, 0) is 6.54 Å². The molecule has 3 aromatic rings. The van der Waals surface area contributed by atoms with Crippen LogP contribution in [0.5, 0.6) is 5.75 Å². The molecule has 0 N–H and O–H groups in total. The van der Waals surface area contributed by atoms with Gasteiger partial charge in [-0.2, -0.15) is 0 Å². The molecule has 0 unspecified atom stereocenters. The topological polar surface area (TPSA) is 39.9 Å². The third-order valence-corrected chi connectivity index (χ3v) is 7.31. The molecule has 25 heavy (non-hydrogen) atoms. The van der Waals surface area contributed by atoms with Gasteiger partial charge < -0.3 is 0 Å². The van der Waals surface area contributed by atoms with Gasteiger partial charge in [-0.1, -0.05) is 0 Å². The second kappa shape index (κ2) is 9.03. The van der Waals surface area contributed by atoms with Gasteiger partial charge in [-0.25, -0.2) is 0 Å². The first-order valence-electron chi connectivity index (χ1n) is 8.56. The van der Waals surface area contributed by atoms with Gasteiger partial charge in [0.25, 0.3) is 0 Å². The summed E-state index contributed by atoms with van der Waals surface area (Å²) in [4.78, 5) is 0. The Morgan fingerprint density at radius 1 is 1.04 bits per heavy atom. The first kappa shape index (κ1) is 18.0. The zero-order valence-electron chi connectivity index (χ0n) is 14.7. The molecule has 1 heterocycles. The average molecular weight is 449 g/mol. The van der Waals surface area contributed by atoms with Crippen molar-refractivity contribution in [2.24, 2.45) is 0 Å². The maximum absolute atomic E-state index is 5.27. The molecule has 0 spiro atoms. The summed E-state index contributed by atoms with van der Waals surface area (Å²) < 4.78 is 10.00. The number of hydrogen-bond donors (Lipinski definition) is 0. The third kappa shape index (κ3) is 4.62. The predicted octanol–water partition coefficient (Wildman–Crippen LogP) is 3.55. The maximum atomic E-state index is 5.27. The Labute approximate surface area is 159 Å². The van der Waals surface area contributed by atoms with E-state index in [2.05, 4.69) is 58.3 Å². The summed E-state index contributed by atoms with van der Waals surface area (Å²) in [6.45, 7) is 3.03. The standard InChI is InChI=1S/C20H23N3OTe/c1-3-4-14-25-20-19(17-10-12-18(24-2)13-11-17)21-22-23(20)15-16-8-6-5-7-9-16/h5-13H,3-4,14-15H2,1-2H3. The van der Waals surface area contributed by atoms with Crippen molar-refractivity contribution < 1.29 is 4.74 Å². The molecule has 0 aliphatic rings. The zero-order chi connectivity index (χ0) is 17.5. The Morgan fingerprint density at radius 2 is 1.80 bits per heavy atom. The fourth-order valence-electron chi connectivity index (χ4n) is 2.55. The van der Waals surface area contributed by atoms with Gasteiger partial charge in [0.1, 0.15) is 0 Å². The van der Waals surface area contributed by atoms with E-state index < -0.39 is 0 Å². The summed E-state index contributed by atoms with van der Waals surface area (Å²) in [6.07, 6.45) is 2.52. The Hall–Kier alpha value is -1.83. The monoisotopic (exact) mass is 451 g/mol. The van der Waals surface area contributed by atoms with Gasteiger partial charge in [-0.15, -0.1) is 0 Å². The summed E-state index contributed by atoms with van der Waals surface area (Å²) >= 11 is -0.316.